The summed E-state index contributed by atoms with van der Waals surface area (Å²) in [7, 11) is -3.84. The van der Waals surface area contributed by atoms with Crippen LogP contribution in [0.5, 0.6) is 0 Å². The number of benzene rings is 2. The van der Waals surface area contributed by atoms with Crippen molar-refractivity contribution in [1.29, 1.82) is 0 Å². The molecule has 2 aromatic carbocycles. The molecule has 2 aromatic rings. The average Bonchev–Trinajstić information content (AvgIpc) is 2.49. The number of anilines is 2. The van der Waals surface area contributed by atoms with Crippen LogP contribution < -0.4 is 9.62 Å². The van der Waals surface area contributed by atoms with E-state index in [4.69, 9.17) is 23.2 Å². The van der Waals surface area contributed by atoms with Crippen LogP contribution in [0.1, 0.15) is 6.92 Å². The molecule has 0 saturated carbocycles. The predicted octanol–water partition coefficient (Wildman–Crippen LogP) is 3.93. The first-order valence-corrected chi connectivity index (χ1v) is 9.71. The molecule has 2 rings (SSSR count). The fraction of sp³-hybridized carbons (Fsp3) is 0.188. The molecular formula is C16H15Cl2FN2O3S. The van der Waals surface area contributed by atoms with Crippen molar-refractivity contribution in [2.45, 2.75) is 13.0 Å². The summed E-state index contributed by atoms with van der Waals surface area (Å²) in [6.07, 6.45) is 0.939. The highest BCUT2D eigenvalue weighted by Gasteiger charge is 2.29. The van der Waals surface area contributed by atoms with Gasteiger partial charge < -0.3 is 5.32 Å². The Balaban J connectivity index is 2.35. The van der Waals surface area contributed by atoms with Crippen LogP contribution in [-0.4, -0.2) is 26.6 Å². The van der Waals surface area contributed by atoms with Crippen LogP contribution in [0.4, 0.5) is 15.8 Å². The van der Waals surface area contributed by atoms with Gasteiger partial charge in [0.1, 0.15) is 11.9 Å². The van der Waals surface area contributed by atoms with Crippen molar-refractivity contribution in [3.63, 3.8) is 0 Å². The van der Waals surface area contributed by atoms with Crippen LogP contribution >= 0.6 is 23.2 Å². The number of hydrogen-bond donors (Lipinski definition) is 1. The minimum atomic E-state index is -3.84. The largest absolute Gasteiger partial charge is 0.323 e. The summed E-state index contributed by atoms with van der Waals surface area (Å²) in [5, 5.41) is 3.14. The number of carbonyl (C=O) groups is 1. The van der Waals surface area contributed by atoms with E-state index in [1.807, 2.05) is 0 Å². The Bertz CT molecular complexity index is 906. The number of sulfonamides is 1. The topological polar surface area (TPSA) is 66.5 Å². The maximum Gasteiger partial charge on any atom is 0.248 e. The van der Waals surface area contributed by atoms with Crippen LogP contribution in [0.25, 0.3) is 0 Å². The Morgan fingerprint density at radius 3 is 2.48 bits per heavy atom. The number of carbonyl (C=O) groups excluding carboxylic acids is 1. The molecule has 0 bridgehead atoms. The van der Waals surface area contributed by atoms with Gasteiger partial charge in [-0.15, -0.1) is 0 Å². The van der Waals surface area contributed by atoms with E-state index in [1.165, 1.54) is 37.3 Å². The van der Waals surface area contributed by atoms with Gasteiger partial charge in [-0.2, -0.15) is 0 Å². The number of hydrogen-bond acceptors (Lipinski definition) is 3. The molecule has 0 spiro atoms. The Morgan fingerprint density at radius 2 is 1.88 bits per heavy atom. The second-order valence-electron chi connectivity index (χ2n) is 5.33. The molecule has 134 valence electrons. The molecule has 25 heavy (non-hydrogen) atoms. The zero-order valence-corrected chi connectivity index (χ0v) is 15.7. The van der Waals surface area contributed by atoms with Crippen molar-refractivity contribution >= 4 is 50.5 Å². The molecule has 5 nitrogen and oxygen atoms in total. The Morgan fingerprint density at radius 1 is 1.20 bits per heavy atom. The molecule has 0 aromatic heterocycles. The lowest BCUT2D eigenvalue weighted by Crippen LogP contribution is -2.45. The smallest absolute Gasteiger partial charge is 0.248 e. The average molecular weight is 405 g/mol. The summed E-state index contributed by atoms with van der Waals surface area (Å²) in [6, 6.07) is 8.34. The molecule has 0 radical (unpaired) electrons. The Hall–Kier alpha value is -1.83. The maximum atomic E-state index is 13.5. The van der Waals surface area contributed by atoms with Gasteiger partial charge in [0.25, 0.3) is 0 Å². The summed E-state index contributed by atoms with van der Waals surface area (Å²) in [4.78, 5) is 12.5. The van der Waals surface area contributed by atoms with Crippen LogP contribution in [0.15, 0.2) is 42.5 Å². The van der Waals surface area contributed by atoms with E-state index in [-0.39, 0.29) is 16.4 Å². The highest BCUT2D eigenvalue weighted by molar-refractivity contribution is 7.92. The molecule has 9 heteroatoms. The monoisotopic (exact) mass is 404 g/mol. The molecule has 0 aliphatic carbocycles. The lowest BCUT2D eigenvalue weighted by atomic mass is 10.2. The number of nitrogens with one attached hydrogen (secondary N) is 1. The predicted molar refractivity (Wildman–Crippen MR) is 98.3 cm³/mol. The fourth-order valence-corrected chi connectivity index (χ4v) is 3.76. The normalized spacial score (nSPS) is 12.5. The van der Waals surface area contributed by atoms with Crippen molar-refractivity contribution in [2.24, 2.45) is 0 Å². The molecule has 0 saturated heterocycles. The van der Waals surface area contributed by atoms with E-state index >= 15 is 0 Å². The third kappa shape index (κ3) is 4.84. The Kier molecular flexibility index (Phi) is 5.92. The summed E-state index contributed by atoms with van der Waals surface area (Å²) in [6.45, 7) is 1.39. The molecule has 0 aliphatic heterocycles. The van der Waals surface area contributed by atoms with Crippen molar-refractivity contribution in [2.75, 3.05) is 15.9 Å². The first-order chi connectivity index (χ1) is 11.6. The minimum absolute atomic E-state index is 0.0438. The lowest BCUT2D eigenvalue weighted by Gasteiger charge is -2.28. The van der Waals surface area contributed by atoms with Gasteiger partial charge in [0.05, 0.1) is 22.7 Å². The van der Waals surface area contributed by atoms with Gasteiger partial charge in [0.2, 0.25) is 15.9 Å². The number of halogens is 3. The van der Waals surface area contributed by atoms with E-state index in [0.29, 0.717) is 5.02 Å². The Labute approximate surface area is 155 Å². The second-order valence-corrected chi connectivity index (χ2v) is 8.03. The standard InChI is InChI=1S/C16H15Cl2FN2O3S/c1-10(16(22)20-15-8-11(17)6-7-14(15)18)21(25(2,23)24)13-5-3-4-12(19)9-13/h3-10H,1-2H3,(H,20,22). The lowest BCUT2D eigenvalue weighted by molar-refractivity contribution is -0.116. The number of amides is 1. The van der Waals surface area contributed by atoms with Gasteiger partial charge in [-0.3, -0.25) is 9.10 Å². The summed E-state index contributed by atoms with van der Waals surface area (Å²) in [5.41, 5.74) is 0.293. The highest BCUT2D eigenvalue weighted by atomic mass is 35.5. The maximum absolute atomic E-state index is 13.5. The van der Waals surface area contributed by atoms with Crippen LogP contribution in [0.2, 0.25) is 10.0 Å². The van der Waals surface area contributed by atoms with Gasteiger partial charge in [-0.05, 0) is 43.3 Å². The van der Waals surface area contributed by atoms with Crippen molar-refractivity contribution in [3.8, 4) is 0 Å². The number of rotatable bonds is 5. The molecular weight excluding hydrogens is 390 g/mol. The van der Waals surface area contributed by atoms with Gasteiger partial charge in [0, 0.05) is 5.02 Å². The first kappa shape index (κ1) is 19.5. The van der Waals surface area contributed by atoms with Crippen LogP contribution in [-0.2, 0) is 14.8 Å². The minimum Gasteiger partial charge on any atom is -0.323 e. The second kappa shape index (κ2) is 7.59. The molecule has 1 N–H and O–H groups in total. The summed E-state index contributed by atoms with van der Waals surface area (Å²) >= 11 is 11.9. The van der Waals surface area contributed by atoms with Crippen LogP contribution in [0, 0.1) is 5.82 Å². The van der Waals surface area contributed by atoms with E-state index in [1.54, 1.807) is 6.07 Å². The zero-order chi connectivity index (χ0) is 18.8. The quantitative estimate of drug-likeness (QED) is 0.820. The molecule has 1 amide bonds. The molecule has 0 aliphatic rings. The molecule has 0 heterocycles. The summed E-state index contributed by atoms with van der Waals surface area (Å²) in [5.74, 6) is -1.25. The zero-order valence-electron chi connectivity index (χ0n) is 13.3. The van der Waals surface area contributed by atoms with Gasteiger partial charge in [-0.1, -0.05) is 29.3 Å². The molecule has 0 fully saturated rings. The highest BCUT2D eigenvalue weighted by Crippen LogP contribution is 2.27. The van der Waals surface area contributed by atoms with E-state index in [0.717, 1.165) is 16.6 Å². The number of nitrogens with zero attached hydrogens (tertiary/aromatic N) is 1. The van der Waals surface area contributed by atoms with Gasteiger partial charge in [0.15, 0.2) is 0 Å². The van der Waals surface area contributed by atoms with Crippen molar-refractivity contribution in [1.82, 2.24) is 0 Å². The third-order valence-corrected chi connectivity index (χ3v) is 5.14. The fourth-order valence-electron chi connectivity index (χ4n) is 2.25. The first-order valence-electron chi connectivity index (χ1n) is 7.10. The molecule has 1 atom stereocenters. The SMILES string of the molecule is CC(C(=O)Nc1cc(Cl)ccc1Cl)N(c1cccc(F)c1)S(C)(=O)=O. The van der Waals surface area contributed by atoms with E-state index < -0.39 is 27.8 Å². The van der Waals surface area contributed by atoms with Gasteiger partial charge >= 0.3 is 0 Å². The van der Waals surface area contributed by atoms with Crippen LogP contribution in [0.3, 0.4) is 0 Å². The third-order valence-electron chi connectivity index (χ3n) is 3.34. The van der Waals surface area contributed by atoms with E-state index in [2.05, 4.69) is 5.32 Å². The van der Waals surface area contributed by atoms with Crippen molar-refractivity contribution in [3.05, 3.63) is 58.3 Å². The van der Waals surface area contributed by atoms with Crippen molar-refractivity contribution < 1.29 is 17.6 Å². The molecule has 1 unspecified atom stereocenters. The summed E-state index contributed by atoms with van der Waals surface area (Å²) < 4.78 is 38.6. The van der Waals surface area contributed by atoms with E-state index in [9.17, 15) is 17.6 Å². The van der Waals surface area contributed by atoms with Gasteiger partial charge in [-0.25, -0.2) is 12.8 Å².